The fourth-order valence-corrected chi connectivity index (χ4v) is 2.90. The topological polar surface area (TPSA) is 32.3 Å². The highest BCUT2D eigenvalue weighted by atomic mass is 16.1. The van der Waals surface area contributed by atoms with Crippen molar-refractivity contribution < 1.29 is 4.79 Å². The number of hydrogen-bond acceptors (Lipinski definition) is 2. The van der Waals surface area contributed by atoms with Gasteiger partial charge in [-0.1, -0.05) is 25.1 Å². The molecule has 0 spiro atoms. The van der Waals surface area contributed by atoms with Gasteiger partial charge in [-0.25, -0.2) is 0 Å². The molecule has 1 aliphatic carbocycles. The lowest BCUT2D eigenvalue weighted by Crippen LogP contribution is -2.40. The molecule has 20 heavy (non-hydrogen) atoms. The monoisotopic (exact) mass is 274 g/mol. The Morgan fingerprint density at radius 2 is 1.85 bits per heavy atom. The van der Waals surface area contributed by atoms with E-state index in [4.69, 9.17) is 0 Å². The Hall–Kier alpha value is -1.35. The van der Waals surface area contributed by atoms with Crippen LogP contribution in [0, 0.1) is 5.92 Å². The molecular formula is C17H26N2O. The van der Waals surface area contributed by atoms with E-state index in [9.17, 15) is 4.79 Å². The van der Waals surface area contributed by atoms with Gasteiger partial charge in [-0.15, -0.1) is 0 Å². The Morgan fingerprint density at radius 1 is 1.20 bits per heavy atom. The van der Waals surface area contributed by atoms with Crippen molar-refractivity contribution in [2.24, 2.45) is 5.92 Å². The summed E-state index contributed by atoms with van der Waals surface area (Å²) < 4.78 is 0. The Balaban J connectivity index is 1.69. The fraction of sp³-hybridized carbons (Fsp3) is 0.588. The Morgan fingerprint density at radius 3 is 2.50 bits per heavy atom. The first kappa shape index (κ1) is 15.0. The van der Waals surface area contributed by atoms with Crippen LogP contribution in [-0.2, 0) is 0 Å². The zero-order valence-corrected chi connectivity index (χ0v) is 12.6. The molecule has 110 valence electrons. The van der Waals surface area contributed by atoms with E-state index in [1.807, 2.05) is 30.3 Å². The molecule has 0 atom stereocenters. The molecular weight excluding hydrogens is 248 g/mol. The predicted octanol–water partition coefficient (Wildman–Crippen LogP) is 2.93. The third-order valence-electron chi connectivity index (χ3n) is 4.39. The molecule has 0 bridgehead atoms. The van der Waals surface area contributed by atoms with Crippen molar-refractivity contribution in [2.45, 2.75) is 38.6 Å². The summed E-state index contributed by atoms with van der Waals surface area (Å²) in [5.74, 6) is 0.911. The number of carbonyl (C=O) groups excluding carboxylic acids is 1. The average Bonchev–Trinajstić information content (AvgIpc) is 2.48. The SMILES string of the molecule is CC1CCC(N(C)CCNC(=O)c2ccccc2)CC1. The number of hydrogen-bond donors (Lipinski definition) is 1. The molecule has 0 aromatic heterocycles. The van der Waals surface area contributed by atoms with Crippen LogP contribution in [0.5, 0.6) is 0 Å². The number of nitrogens with zero attached hydrogens (tertiary/aromatic N) is 1. The highest BCUT2D eigenvalue weighted by Crippen LogP contribution is 2.26. The van der Waals surface area contributed by atoms with Gasteiger partial charge < -0.3 is 10.2 Å². The van der Waals surface area contributed by atoms with Gasteiger partial charge in [0.05, 0.1) is 0 Å². The molecule has 0 radical (unpaired) electrons. The van der Waals surface area contributed by atoms with E-state index in [1.165, 1.54) is 25.7 Å². The first-order chi connectivity index (χ1) is 9.66. The quantitative estimate of drug-likeness (QED) is 0.895. The third-order valence-corrected chi connectivity index (χ3v) is 4.39. The summed E-state index contributed by atoms with van der Waals surface area (Å²) in [4.78, 5) is 14.3. The van der Waals surface area contributed by atoms with Gasteiger partial charge in [-0.2, -0.15) is 0 Å². The molecule has 1 aliphatic rings. The van der Waals surface area contributed by atoms with Crippen molar-refractivity contribution in [1.29, 1.82) is 0 Å². The van der Waals surface area contributed by atoms with Crippen molar-refractivity contribution >= 4 is 5.91 Å². The second-order valence-corrected chi connectivity index (χ2v) is 6.02. The lowest BCUT2D eigenvalue weighted by molar-refractivity contribution is 0.0943. The smallest absolute Gasteiger partial charge is 0.251 e. The van der Waals surface area contributed by atoms with Crippen LogP contribution < -0.4 is 5.32 Å². The highest BCUT2D eigenvalue weighted by molar-refractivity contribution is 5.94. The fourth-order valence-electron chi connectivity index (χ4n) is 2.90. The van der Waals surface area contributed by atoms with Gasteiger partial charge in [0.2, 0.25) is 0 Å². The Bertz CT molecular complexity index is 410. The van der Waals surface area contributed by atoms with E-state index in [0.717, 1.165) is 24.6 Å². The Labute approximate surface area is 122 Å². The lowest BCUT2D eigenvalue weighted by atomic mass is 9.87. The van der Waals surface area contributed by atoms with Gasteiger partial charge in [0.25, 0.3) is 5.91 Å². The van der Waals surface area contributed by atoms with E-state index in [2.05, 4.69) is 24.2 Å². The van der Waals surface area contributed by atoms with Gasteiger partial charge in [0.1, 0.15) is 0 Å². The van der Waals surface area contributed by atoms with Crippen LogP contribution in [0.3, 0.4) is 0 Å². The number of amides is 1. The maximum Gasteiger partial charge on any atom is 0.251 e. The van der Waals surface area contributed by atoms with E-state index in [-0.39, 0.29) is 5.91 Å². The van der Waals surface area contributed by atoms with E-state index < -0.39 is 0 Å². The van der Waals surface area contributed by atoms with Crippen LogP contribution in [0.1, 0.15) is 43.0 Å². The zero-order chi connectivity index (χ0) is 14.4. The largest absolute Gasteiger partial charge is 0.351 e. The third kappa shape index (κ3) is 4.34. The van der Waals surface area contributed by atoms with Gasteiger partial charge in [0, 0.05) is 24.7 Å². The number of nitrogens with one attached hydrogen (secondary N) is 1. The summed E-state index contributed by atoms with van der Waals surface area (Å²) in [5.41, 5.74) is 0.738. The van der Waals surface area contributed by atoms with E-state index in [1.54, 1.807) is 0 Å². The van der Waals surface area contributed by atoms with Gasteiger partial charge in [-0.3, -0.25) is 4.79 Å². The molecule has 0 saturated heterocycles. The van der Waals surface area contributed by atoms with Crippen LogP contribution in [0.15, 0.2) is 30.3 Å². The average molecular weight is 274 g/mol. The first-order valence-electron chi connectivity index (χ1n) is 7.70. The molecule has 3 heteroatoms. The molecule has 2 rings (SSSR count). The Kier molecular flexibility index (Phi) is 5.60. The zero-order valence-electron chi connectivity index (χ0n) is 12.6. The second-order valence-electron chi connectivity index (χ2n) is 6.02. The molecule has 1 N–H and O–H groups in total. The standard InChI is InChI=1S/C17H26N2O/c1-14-8-10-16(11-9-14)19(2)13-12-18-17(20)15-6-4-3-5-7-15/h3-7,14,16H,8-13H2,1-2H3,(H,18,20). The van der Waals surface area contributed by atoms with Gasteiger partial charge in [0.15, 0.2) is 0 Å². The molecule has 1 saturated carbocycles. The van der Waals surface area contributed by atoms with Crippen LogP contribution >= 0.6 is 0 Å². The minimum atomic E-state index is 0.0243. The summed E-state index contributed by atoms with van der Waals surface area (Å²) in [7, 11) is 2.18. The summed E-state index contributed by atoms with van der Waals surface area (Å²) in [5, 5.41) is 3.00. The van der Waals surface area contributed by atoms with Crippen molar-refractivity contribution in [2.75, 3.05) is 20.1 Å². The molecule has 1 amide bonds. The van der Waals surface area contributed by atoms with Crippen molar-refractivity contribution in [1.82, 2.24) is 10.2 Å². The van der Waals surface area contributed by atoms with Gasteiger partial charge >= 0.3 is 0 Å². The maximum absolute atomic E-state index is 11.9. The number of rotatable bonds is 5. The maximum atomic E-state index is 11.9. The van der Waals surface area contributed by atoms with E-state index in [0.29, 0.717) is 6.04 Å². The molecule has 0 unspecified atom stereocenters. The summed E-state index contributed by atoms with van der Waals surface area (Å²) in [6.45, 7) is 3.99. The molecule has 0 aliphatic heterocycles. The van der Waals surface area contributed by atoms with Crippen molar-refractivity contribution in [3.63, 3.8) is 0 Å². The van der Waals surface area contributed by atoms with Crippen LogP contribution in [0.4, 0.5) is 0 Å². The van der Waals surface area contributed by atoms with Crippen molar-refractivity contribution in [3.05, 3.63) is 35.9 Å². The minimum absolute atomic E-state index is 0.0243. The van der Waals surface area contributed by atoms with Crippen molar-refractivity contribution in [3.8, 4) is 0 Å². The summed E-state index contributed by atoms with van der Waals surface area (Å²) >= 11 is 0. The number of carbonyl (C=O) groups is 1. The van der Waals surface area contributed by atoms with Gasteiger partial charge in [-0.05, 0) is 50.8 Å². The van der Waals surface area contributed by atoms with E-state index >= 15 is 0 Å². The molecule has 3 nitrogen and oxygen atoms in total. The van der Waals surface area contributed by atoms with Crippen LogP contribution in [-0.4, -0.2) is 37.0 Å². The number of benzene rings is 1. The molecule has 1 aromatic rings. The number of likely N-dealkylation sites (N-methyl/N-ethyl adjacent to an activating group) is 1. The van der Waals surface area contributed by atoms with Crippen LogP contribution in [0.2, 0.25) is 0 Å². The van der Waals surface area contributed by atoms with Crippen LogP contribution in [0.25, 0.3) is 0 Å². The molecule has 1 fully saturated rings. The lowest BCUT2D eigenvalue weighted by Gasteiger charge is -2.33. The molecule has 1 aromatic carbocycles. The molecule has 0 heterocycles. The first-order valence-corrected chi connectivity index (χ1v) is 7.70. The minimum Gasteiger partial charge on any atom is -0.351 e. The normalized spacial score (nSPS) is 22.8. The predicted molar refractivity (Wildman–Crippen MR) is 82.8 cm³/mol. The summed E-state index contributed by atoms with van der Waals surface area (Å²) in [6, 6.07) is 10.1. The highest BCUT2D eigenvalue weighted by Gasteiger charge is 2.21. The summed E-state index contributed by atoms with van der Waals surface area (Å²) in [6.07, 6.45) is 5.27. The second kappa shape index (κ2) is 7.44.